The van der Waals surface area contributed by atoms with Gasteiger partial charge in [-0.2, -0.15) is 10.1 Å². The summed E-state index contributed by atoms with van der Waals surface area (Å²) in [6.07, 6.45) is 3.57. The Bertz CT molecular complexity index is 1050. The number of allylic oxidation sites excluding steroid dienone is 1. The highest BCUT2D eigenvalue weighted by Crippen LogP contribution is 2.22. The highest BCUT2D eigenvalue weighted by molar-refractivity contribution is 5.91. The van der Waals surface area contributed by atoms with Crippen LogP contribution in [0.1, 0.15) is 26.5 Å². The van der Waals surface area contributed by atoms with Gasteiger partial charge in [0.1, 0.15) is 5.52 Å². The topological polar surface area (TPSA) is 104 Å². The summed E-state index contributed by atoms with van der Waals surface area (Å²) in [5.74, 6) is 2.26. The zero-order valence-electron chi connectivity index (χ0n) is 18.7. The van der Waals surface area contributed by atoms with E-state index in [1.165, 1.54) is 7.11 Å². The molecule has 0 bridgehead atoms. The first-order chi connectivity index (χ1) is 15.1. The van der Waals surface area contributed by atoms with Crippen molar-refractivity contribution < 1.29 is 9.53 Å². The van der Waals surface area contributed by atoms with Crippen LogP contribution in [0, 0.1) is 6.92 Å². The molecule has 3 aromatic heterocycles. The number of anilines is 3. The fourth-order valence-electron chi connectivity index (χ4n) is 3.35. The number of nitrogens with zero attached hydrogens (tertiary/aromatic N) is 6. The molecule has 0 aromatic carbocycles. The molecule has 1 fully saturated rings. The predicted molar refractivity (Wildman–Crippen MR) is 121 cm³/mol. The van der Waals surface area contributed by atoms with Crippen LogP contribution in [0.4, 0.5) is 17.6 Å². The largest absolute Gasteiger partial charge is 0.491 e. The van der Waals surface area contributed by atoms with Gasteiger partial charge in [-0.3, -0.25) is 9.89 Å². The first-order valence-electron chi connectivity index (χ1n) is 10.5. The quantitative estimate of drug-likeness (QED) is 0.477. The van der Waals surface area contributed by atoms with Crippen molar-refractivity contribution in [3.05, 3.63) is 41.9 Å². The van der Waals surface area contributed by atoms with Gasteiger partial charge in [0.05, 0.1) is 7.11 Å². The minimum absolute atomic E-state index is 0.0901. The number of ether oxygens (including phenoxy) is 1. The first kappa shape index (κ1) is 22.1. The summed E-state index contributed by atoms with van der Waals surface area (Å²) in [7, 11) is 1.51. The third kappa shape index (κ3) is 4.79. The summed E-state index contributed by atoms with van der Waals surface area (Å²) in [6, 6.07) is 5.79. The van der Waals surface area contributed by atoms with Gasteiger partial charge in [-0.1, -0.05) is 13.8 Å². The molecule has 2 N–H and O–H groups in total. The van der Waals surface area contributed by atoms with Crippen molar-refractivity contribution in [2.24, 2.45) is 0 Å². The molecule has 0 saturated carbocycles. The summed E-state index contributed by atoms with van der Waals surface area (Å²) in [5.41, 5.74) is 1.83. The second kappa shape index (κ2) is 9.96. The molecular formula is C21H30N8O2. The molecule has 0 spiro atoms. The first-order valence-corrected chi connectivity index (χ1v) is 10.5. The number of nitrogens with one attached hydrogen (secondary N) is 2. The minimum atomic E-state index is -0.0901. The minimum Gasteiger partial charge on any atom is -0.491 e. The van der Waals surface area contributed by atoms with E-state index in [0.29, 0.717) is 49.5 Å². The number of H-pyrrole nitrogens is 1. The number of piperazine rings is 1. The van der Waals surface area contributed by atoms with E-state index in [0.717, 1.165) is 11.2 Å². The van der Waals surface area contributed by atoms with E-state index in [1.807, 2.05) is 45.2 Å². The van der Waals surface area contributed by atoms with Crippen LogP contribution in [-0.2, 0) is 9.53 Å². The van der Waals surface area contributed by atoms with Crippen LogP contribution in [0.3, 0.4) is 0 Å². The highest BCUT2D eigenvalue weighted by Gasteiger charge is 2.25. The lowest BCUT2D eigenvalue weighted by molar-refractivity contribution is -0.130. The Balaban J connectivity index is 0.00000132. The van der Waals surface area contributed by atoms with E-state index < -0.39 is 0 Å². The number of hydrogen-bond acceptors (Lipinski definition) is 7. The van der Waals surface area contributed by atoms with Crippen molar-refractivity contribution in [3.8, 4) is 0 Å². The van der Waals surface area contributed by atoms with Gasteiger partial charge in [-0.05, 0) is 32.1 Å². The molecule has 0 atom stereocenters. The second-order valence-electron chi connectivity index (χ2n) is 6.80. The number of aryl methyl sites for hydroxylation is 1. The lowest BCUT2D eigenvalue weighted by Gasteiger charge is -2.34. The van der Waals surface area contributed by atoms with Crippen LogP contribution < -0.4 is 10.2 Å². The normalized spacial score (nSPS) is 14.3. The van der Waals surface area contributed by atoms with Crippen molar-refractivity contribution in [1.82, 2.24) is 29.7 Å². The maximum atomic E-state index is 12.5. The summed E-state index contributed by atoms with van der Waals surface area (Å²) in [5, 5.41) is 15.0. The van der Waals surface area contributed by atoms with Gasteiger partial charge < -0.3 is 19.9 Å². The van der Waals surface area contributed by atoms with Gasteiger partial charge in [0.2, 0.25) is 5.95 Å². The number of rotatable bonds is 5. The molecule has 1 aliphatic heterocycles. The monoisotopic (exact) mass is 426 g/mol. The maximum absolute atomic E-state index is 12.5. The van der Waals surface area contributed by atoms with Crippen molar-refractivity contribution in [3.63, 3.8) is 0 Å². The van der Waals surface area contributed by atoms with Gasteiger partial charge in [0, 0.05) is 44.1 Å². The Labute approximate surface area is 181 Å². The third-order valence-electron chi connectivity index (χ3n) is 4.87. The SMILES string of the molecule is C/C=C(\OC)C(=O)N1CCN(c2nc(Nc3cc(C)[nH]n3)c3cccn3n2)CC1.CC. The van der Waals surface area contributed by atoms with Crippen LogP contribution >= 0.6 is 0 Å². The molecule has 1 saturated heterocycles. The molecule has 166 valence electrons. The Morgan fingerprint density at radius 1 is 1.26 bits per heavy atom. The molecule has 0 radical (unpaired) electrons. The van der Waals surface area contributed by atoms with Gasteiger partial charge >= 0.3 is 0 Å². The Morgan fingerprint density at radius 2 is 2.00 bits per heavy atom. The van der Waals surface area contributed by atoms with Crippen molar-refractivity contribution in [1.29, 1.82) is 0 Å². The summed E-state index contributed by atoms with van der Waals surface area (Å²) < 4.78 is 6.95. The van der Waals surface area contributed by atoms with Crippen molar-refractivity contribution in [2.75, 3.05) is 43.5 Å². The van der Waals surface area contributed by atoms with E-state index in [4.69, 9.17) is 9.72 Å². The Morgan fingerprint density at radius 3 is 2.61 bits per heavy atom. The molecule has 4 heterocycles. The number of carbonyl (C=O) groups is 1. The van der Waals surface area contributed by atoms with Crippen LogP contribution in [-0.4, -0.2) is 68.9 Å². The molecule has 3 aromatic rings. The van der Waals surface area contributed by atoms with Crippen LogP contribution in [0.25, 0.3) is 5.52 Å². The van der Waals surface area contributed by atoms with Crippen LogP contribution in [0.5, 0.6) is 0 Å². The predicted octanol–water partition coefficient (Wildman–Crippen LogP) is 2.73. The zero-order valence-corrected chi connectivity index (χ0v) is 18.7. The van der Waals surface area contributed by atoms with Crippen LogP contribution in [0.2, 0.25) is 0 Å². The fraction of sp³-hybridized carbons (Fsp3) is 0.429. The highest BCUT2D eigenvalue weighted by atomic mass is 16.5. The lowest BCUT2D eigenvalue weighted by atomic mass is 10.3. The molecule has 4 rings (SSSR count). The van der Waals surface area contributed by atoms with Gasteiger partial charge in [0.25, 0.3) is 5.91 Å². The average molecular weight is 427 g/mol. The van der Waals surface area contributed by atoms with Crippen LogP contribution in [0.15, 0.2) is 36.2 Å². The standard InChI is InChI=1S/C19H24N8O2.C2H6/c1-4-15(29-3)18(28)25-8-10-26(11-9-25)19-21-17(14-6-5-7-27(14)24-19)20-16-12-13(2)22-23-16;1-2/h4-7,12H,8-11H2,1-3H3,(H2,20,21,22,23,24);1-2H3/b15-4-;. The van der Waals surface area contributed by atoms with E-state index in [2.05, 4.69) is 25.5 Å². The number of hydrogen-bond donors (Lipinski definition) is 2. The average Bonchev–Trinajstić information content (AvgIpc) is 3.45. The molecule has 10 nitrogen and oxygen atoms in total. The fourth-order valence-corrected chi connectivity index (χ4v) is 3.35. The van der Waals surface area contributed by atoms with Crippen molar-refractivity contribution >= 4 is 29.0 Å². The number of carbonyl (C=O) groups excluding carboxylic acids is 1. The summed E-state index contributed by atoms with van der Waals surface area (Å²) >= 11 is 0. The molecule has 31 heavy (non-hydrogen) atoms. The molecule has 0 aliphatic carbocycles. The van der Waals surface area contributed by atoms with Gasteiger partial charge in [-0.25, -0.2) is 4.52 Å². The second-order valence-corrected chi connectivity index (χ2v) is 6.80. The number of methoxy groups -OCH3 is 1. The van der Waals surface area contributed by atoms with E-state index in [1.54, 1.807) is 22.4 Å². The van der Waals surface area contributed by atoms with E-state index in [-0.39, 0.29) is 5.91 Å². The molecular weight excluding hydrogens is 396 g/mol. The Hall–Kier alpha value is -3.56. The summed E-state index contributed by atoms with van der Waals surface area (Å²) in [4.78, 5) is 21.1. The lowest BCUT2D eigenvalue weighted by Crippen LogP contribution is -2.49. The van der Waals surface area contributed by atoms with Gasteiger partial charge in [-0.15, -0.1) is 5.10 Å². The number of amides is 1. The molecule has 1 amide bonds. The van der Waals surface area contributed by atoms with E-state index >= 15 is 0 Å². The number of fused-ring (bicyclic) bond motifs is 1. The van der Waals surface area contributed by atoms with Gasteiger partial charge in [0.15, 0.2) is 17.4 Å². The Kier molecular flexibility index (Phi) is 7.11. The maximum Gasteiger partial charge on any atom is 0.288 e. The summed E-state index contributed by atoms with van der Waals surface area (Å²) in [6.45, 7) is 10.2. The van der Waals surface area contributed by atoms with Crippen molar-refractivity contribution in [2.45, 2.75) is 27.7 Å². The molecule has 1 aliphatic rings. The number of aromatic nitrogens is 5. The molecule has 0 unspecified atom stereocenters. The smallest absolute Gasteiger partial charge is 0.288 e. The number of aromatic amines is 1. The zero-order chi connectivity index (χ0) is 22.4. The third-order valence-corrected chi connectivity index (χ3v) is 4.87. The molecule has 10 heteroatoms. The van der Waals surface area contributed by atoms with E-state index in [9.17, 15) is 4.79 Å².